The Labute approximate surface area is 166 Å². The minimum absolute atomic E-state index is 0.241. The number of hydrogen-bond donors (Lipinski definition) is 2. The quantitative estimate of drug-likeness (QED) is 0.536. The minimum atomic E-state index is 0.241. The molecule has 0 radical (unpaired) electrons. The van der Waals surface area contributed by atoms with Crippen molar-refractivity contribution >= 4 is 17.3 Å². The molecule has 3 rings (SSSR count). The van der Waals surface area contributed by atoms with Crippen LogP contribution in [-0.4, -0.2) is 49.1 Å². The summed E-state index contributed by atoms with van der Waals surface area (Å²) in [6, 6.07) is 4.29. The van der Waals surface area contributed by atoms with Gasteiger partial charge in [-0.1, -0.05) is 13.3 Å². The van der Waals surface area contributed by atoms with E-state index in [9.17, 15) is 0 Å². The lowest BCUT2D eigenvalue weighted by Crippen LogP contribution is -2.44. The number of aromatic nitrogens is 1. The van der Waals surface area contributed by atoms with Crippen LogP contribution in [0.4, 0.5) is 0 Å². The van der Waals surface area contributed by atoms with E-state index in [0.29, 0.717) is 0 Å². The summed E-state index contributed by atoms with van der Waals surface area (Å²) in [5.41, 5.74) is 0. The highest BCUT2D eigenvalue weighted by Crippen LogP contribution is 2.24. The number of likely N-dealkylation sites (tertiary alicyclic amines) is 1. The van der Waals surface area contributed by atoms with E-state index in [2.05, 4.69) is 38.5 Å². The Morgan fingerprint density at radius 3 is 2.85 bits per heavy atom. The monoisotopic (exact) mass is 389 g/mol. The van der Waals surface area contributed by atoms with Gasteiger partial charge in [-0.05, 0) is 44.5 Å². The van der Waals surface area contributed by atoms with Crippen LogP contribution >= 0.6 is 11.3 Å². The number of thiazole rings is 1. The number of hydrogen-bond acceptors (Lipinski definition) is 5. The van der Waals surface area contributed by atoms with Crippen molar-refractivity contribution in [3.63, 3.8) is 0 Å². The zero-order valence-electron chi connectivity index (χ0n) is 16.4. The lowest BCUT2D eigenvalue weighted by Gasteiger charge is -2.33. The van der Waals surface area contributed by atoms with Gasteiger partial charge in [0, 0.05) is 37.6 Å². The average molecular weight is 390 g/mol. The number of aryl methyl sites for hydroxylation is 1. The SMILES string of the molecule is CCc1cnc(CCNC(=NC)NCC(c2ccco2)N2CCCCC2)s1. The second-order valence-corrected chi connectivity index (χ2v) is 8.03. The number of piperidine rings is 1. The van der Waals surface area contributed by atoms with Crippen LogP contribution in [-0.2, 0) is 12.8 Å². The highest BCUT2D eigenvalue weighted by atomic mass is 32.1. The number of furan rings is 1. The molecular formula is C20H31N5OS. The molecule has 2 aromatic rings. The molecule has 0 saturated carbocycles. The van der Waals surface area contributed by atoms with Gasteiger partial charge in [0.05, 0.1) is 17.3 Å². The third-order valence-electron chi connectivity index (χ3n) is 4.97. The molecule has 2 aromatic heterocycles. The standard InChI is InChI=1S/C20H31N5OS/c1-3-16-14-23-19(27-16)9-10-22-20(21-2)24-15-17(18-8-7-13-26-18)25-11-5-4-6-12-25/h7-8,13-14,17H,3-6,9-12,15H2,1-2H3,(H2,21,22,24). The lowest BCUT2D eigenvalue weighted by atomic mass is 10.1. The Kier molecular flexibility index (Phi) is 7.71. The zero-order chi connectivity index (χ0) is 18.9. The lowest BCUT2D eigenvalue weighted by molar-refractivity contribution is 0.146. The fourth-order valence-electron chi connectivity index (χ4n) is 3.45. The summed E-state index contributed by atoms with van der Waals surface area (Å²) in [5.74, 6) is 1.85. The first-order valence-electron chi connectivity index (χ1n) is 9.95. The van der Waals surface area contributed by atoms with Gasteiger partial charge in [0.25, 0.3) is 0 Å². The van der Waals surface area contributed by atoms with Crippen molar-refractivity contribution < 1.29 is 4.42 Å². The van der Waals surface area contributed by atoms with Crippen molar-refractivity contribution in [3.05, 3.63) is 40.2 Å². The summed E-state index contributed by atoms with van der Waals surface area (Å²) in [6.07, 6.45) is 9.57. The molecule has 6 nitrogen and oxygen atoms in total. The first-order valence-corrected chi connectivity index (χ1v) is 10.8. The molecule has 1 aliphatic rings. The normalized spacial score (nSPS) is 17.0. The van der Waals surface area contributed by atoms with E-state index in [1.54, 1.807) is 17.6 Å². The fraction of sp³-hybridized carbons (Fsp3) is 0.600. The summed E-state index contributed by atoms with van der Waals surface area (Å²) < 4.78 is 5.72. The van der Waals surface area contributed by atoms with Gasteiger partial charge in [-0.25, -0.2) is 4.98 Å². The second kappa shape index (κ2) is 10.5. The van der Waals surface area contributed by atoms with Gasteiger partial charge >= 0.3 is 0 Å². The number of aliphatic imine (C=N–C) groups is 1. The van der Waals surface area contributed by atoms with E-state index < -0.39 is 0 Å². The van der Waals surface area contributed by atoms with E-state index >= 15 is 0 Å². The van der Waals surface area contributed by atoms with Crippen molar-refractivity contribution in [2.45, 2.75) is 45.1 Å². The van der Waals surface area contributed by atoms with Crippen molar-refractivity contribution in [3.8, 4) is 0 Å². The van der Waals surface area contributed by atoms with Crippen LogP contribution in [0, 0.1) is 0 Å². The van der Waals surface area contributed by atoms with E-state index in [-0.39, 0.29) is 6.04 Å². The summed E-state index contributed by atoms with van der Waals surface area (Å²) in [4.78, 5) is 12.7. The van der Waals surface area contributed by atoms with Crippen molar-refractivity contribution in [2.75, 3.05) is 33.2 Å². The van der Waals surface area contributed by atoms with Gasteiger partial charge in [0.2, 0.25) is 0 Å². The highest BCUT2D eigenvalue weighted by Gasteiger charge is 2.24. The Bertz CT molecular complexity index is 691. The summed E-state index contributed by atoms with van der Waals surface area (Å²) >= 11 is 1.80. The maximum Gasteiger partial charge on any atom is 0.191 e. The van der Waals surface area contributed by atoms with Gasteiger partial charge in [-0.15, -0.1) is 11.3 Å². The third-order valence-corrected chi connectivity index (χ3v) is 6.17. The van der Waals surface area contributed by atoms with Gasteiger partial charge in [-0.3, -0.25) is 9.89 Å². The smallest absolute Gasteiger partial charge is 0.191 e. The molecule has 1 fully saturated rings. The molecule has 148 valence electrons. The molecule has 0 aliphatic carbocycles. The number of rotatable bonds is 8. The Balaban J connectivity index is 1.50. The summed E-state index contributed by atoms with van der Waals surface area (Å²) in [7, 11) is 1.82. The van der Waals surface area contributed by atoms with E-state index in [1.165, 1.54) is 29.1 Å². The first-order chi connectivity index (χ1) is 13.3. The second-order valence-electron chi connectivity index (χ2n) is 6.83. The molecule has 1 saturated heterocycles. The minimum Gasteiger partial charge on any atom is -0.468 e. The zero-order valence-corrected chi connectivity index (χ0v) is 17.2. The highest BCUT2D eigenvalue weighted by molar-refractivity contribution is 7.11. The fourth-order valence-corrected chi connectivity index (χ4v) is 4.31. The molecule has 1 aliphatic heterocycles. The topological polar surface area (TPSA) is 65.7 Å². The molecule has 0 spiro atoms. The van der Waals surface area contributed by atoms with Crippen LogP contribution in [0.2, 0.25) is 0 Å². The van der Waals surface area contributed by atoms with Crippen LogP contribution < -0.4 is 10.6 Å². The van der Waals surface area contributed by atoms with Crippen LogP contribution in [0.15, 0.2) is 34.0 Å². The molecule has 1 unspecified atom stereocenters. The first kappa shape index (κ1) is 19.9. The van der Waals surface area contributed by atoms with Gasteiger partial charge in [-0.2, -0.15) is 0 Å². The molecule has 27 heavy (non-hydrogen) atoms. The molecule has 7 heteroatoms. The molecule has 0 bridgehead atoms. The third kappa shape index (κ3) is 5.81. The Morgan fingerprint density at radius 2 is 2.19 bits per heavy atom. The number of nitrogens with one attached hydrogen (secondary N) is 2. The van der Waals surface area contributed by atoms with Crippen LogP contribution in [0.3, 0.4) is 0 Å². The van der Waals surface area contributed by atoms with Crippen molar-refractivity contribution in [2.24, 2.45) is 4.99 Å². The van der Waals surface area contributed by atoms with Gasteiger partial charge < -0.3 is 15.1 Å². The summed E-state index contributed by atoms with van der Waals surface area (Å²) in [6.45, 7) is 6.03. The molecule has 0 amide bonds. The Hall–Kier alpha value is -1.86. The predicted octanol–water partition coefficient (Wildman–Crippen LogP) is 3.23. The van der Waals surface area contributed by atoms with Crippen LogP contribution in [0.1, 0.15) is 47.9 Å². The Morgan fingerprint density at radius 1 is 1.33 bits per heavy atom. The van der Waals surface area contributed by atoms with Crippen LogP contribution in [0.25, 0.3) is 0 Å². The van der Waals surface area contributed by atoms with Crippen molar-refractivity contribution in [1.82, 2.24) is 20.5 Å². The van der Waals surface area contributed by atoms with Crippen LogP contribution in [0.5, 0.6) is 0 Å². The predicted molar refractivity (Wildman–Crippen MR) is 111 cm³/mol. The van der Waals surface area contributed by atoms with Crippen molar-refractivity contribution in [1.29, 1.82) is 0 Å². The molecule has 0 aromatic carbocycles. The summed E-state index contributed by atoms with van der Waals surface area (Å²) in [5, 5.41) is 8.06. The molecule has 2 N–H and O–H groups in total. The average Bonchev–Trinajstić information content (AvgIpc) is 3.40. The number of guanidine groups is 1. The van der Waals surface area contributed by atoms with E-state index in [1.807, 2.05) is 19.3 Å². The molecule has 3 heterocycles. The van der Waals surface area contributed by atoms with E-state index in [4.69, 9.17) is 4.42 Å². The maximum atomic E-state index is 5.72. The van der Waals surface area contributed by atoms with Gasteiger partial charge in [0.1, 0.15) is 5.76 Å². The largest absolute Gasteiger partial charge is 0.468 e. The molecule has 1 atom stereocenters. The number of nitrogens with zero attached hydrogens (tertiary/aromatic N) is 3. The molecular weight excluding hydrogens is 358 g/mol. The van der Waals surface area contributed by atoms with Gasteiger partial charge in [0.15, 0.2) is 5.96 Å². The maximum absolute atomic E-state index is 5.72. The van der Waals surface area contributed by atoms with E-state index in [0.717, 1.165) is 50.7 Å².